The van der Waals surface area contributed by atoms with E-state index in [1.165, 1.54) is 5.56 Å². The van der Waals surface area contributed by atoms with E-state index < -0.39 is 11.9 Å². The molecule has 0 spiro atoms. The average Bonchev–Trinajstić information content (AvgIpc) is 2.50. The number of carboxylic acid groups (broad SMARTS) is 1. The van der Waals surface area contributed by atoms with Gasteiger partial charge in [0.15, 0.2) is 0 Å². The second kappa shape index (κ2) is 8.83. The number of carboxylic acids is 1. The first-order valence-corrected chi connectivity index (χ1v) is 7.99. The molecule has 3 nitrogen and oxygen atoms in total. The fourth-order valence-corrected chi connectivity index (χ4v) is 2.62. The van der Waals surface area contributed by atoms with Crippen LogP contribution in [0.4, 0.5) is 0 Å². The topological polar surface area (TPSA) is 57.5 Å². The molecule has 3 heteroatoms. The van der Waals surface area contributed by atoms with Crippen LogP contribution in [0.5, 0.6) is 0 Å². The monoisotopic (exact) mass is 292 g/mol. The molecule has 3 unspecified atom stereocenters. The van der Waals surface area contributed by atoms with Crippen LogP contribution in [0.25, 0.3) is 0 Å². The number of unbranched alkanes of at least 4 members (excludes halogenated alkanes) is 1. The maximum Gasteiger partial charge on any atom is 0.310 e. The molecule has 0 aliphatic carbocycles. The van der Waals surface area contributed by atoms with Crippen molar-refractivity contribution in [3.8, 4) is 0 Å². The fourth-order valence-electron chi connectivity index (χ4n) is 2.62. The quantitative estimate of drug-likeness (QED) is 0.723. The number of aliphatic carboxylic acids is 1. The molecule has 0 aliphatic rings. The van der Waals surface area contributed by atoms with Gasteiger partial charge >= 0.3 is 5.97 Å². The van der Waals surface area contributed by atoms with Crippen LogP contribution in [0.1, 0.15) is 63.5 Å². The van der Waals surface area contributed by atoms with Crippen LogP contribution >= 0.6 is 0 Å². The van der Waals surface area contributed by atoms with Crippen LogP contribution in [-0.2, 0) is 11.2 Å². The first kappa shape index (κ1) is 17.7. The second-order valence-electron chi connectivity index (χ2n) is 5.88. The molecule has 3 atom stereocenters. The lowest BCUT2D eigenvalue weighted by atomic mass is 9.87. The summed E-state index contributed by atoms with van der Waals surface area (Å²) in [4.78, 5) is 11.0. The van der Waals surface area contributed by atoms with E-state index in [-0.39, 0.29) is 12.0 Å². The van der Waals surface area contributed by atoms with E-state index in [1.807, 2.05) is 31.2 Å². The molecule has 2 N–H and O–H groups in total. The van der Waals surface area contributed by atoms with Gasteiger partial charge in [0.25, 0.3) is 0 Å². The van der Waals surface area contributed by atoms with Crippen molar-refractivity contribution in [1.82, 2.24) is 0 Å². The zero-order chi connectivity index (χ0) is 15.8. The van der Waals surface area contributed by atoms with Gasteiger partial charge in [-0.25, -0.2) is 0 Å². The summed E-state index contributed by atoms with van der Waals surface area (Å²) >= 11 is 0. The van der Waals surface area contributed by atoms with Crippen molar-refractivity contribution in [2.75, 3.05) is 0 Å². The summed E-state index contributed by atoms with van der Waals surface area (Å²) < 4.78 is 0. The molecular weight excluding hydrogens is 264 g/mol. The molecule has 1 aromatic carbocycles. The van der Waals surface area contributed by atoms with Crippen molar-refractivity contribution in [2.24, 2.45) is 5.92 Å². The van der Waals surface area contributed by atoms with Gasteiger partial charge in [-0.05, 0) is 43.2 Å². The second-order valence-corrected chi connectivity index (χ2v) is 5.88. The molecule has 0 bridgehead atoms. The number of benzene rings is 1. The Morgan fingerprint density at radius 1 is 1.19 bits per heavy atom. The lowest BCUT2D eigenvalue weighted by Crippen LogP contribution is -2.21. The van der Waals surface area contributed by atoms with Crippen molar-refractivity contribution in [1.29, 1.82) is 0 Å². The first-order valence-electron chi connectivity index (χ1n) is 7.99. The van der Waals surface area contributed by atoms with Gasteiger partial charge in [0, 0.05) is 0 Å². The lowest BCUT2D eigenvalue weighted by Gasteiger charge is -2.22. The fraction of sp³-hybridized carbons (Fsp3) is 0.611. The summed E-state index contributed by atoms with van der Waals surface area (Å²) in [5, 5.41) is 19.2. The van der Waals surface area contributed by atoms with E-state index in [1.54, 1.807) is 6.92 Å². The van der Waals surface area contributed by atoms with E-state index in [4.69, 9.17) is 5.11 Å². The molecular formula is C18H28O3. The summed E-state index contributed by atoms with van der Waals surface area (Å²) in [6, 6.07) is 7.78. The molecule has 1 rings (SSSR count). The molecule has 0 amide bonds. The highest BCUT2D eigenvalue weighted by Crippen LogP contribution is 2.23. The molecule has 0 saturated carbocycles. The van der Waals surface area contributed by atoms with E-state index in [2.05, 4.69) is 6.92 Å². The Balaban J connectivity index is 2.73. The number of hydrogen-bond donors (Lipinski definition) is 2. The highest BCUT2D eigenvalue weighted by Gasteiger charge is 2.18. The Bertz CT molecular complexity index is 425. The van der Waals surface area contributed by atoms with E-state index in [9.17, 15) is 9.90 Å². The van der Waals surface area contributed by atoms with Crippen molar-refractivity contribution in [2.45, 2.75) is 64.9 Å². The van der Waals surface area contributed by atoms with E-state index in [0.29, 0.717) is 0 Å². The molecule has 118 valence electrons. The third-order valence-electron chi connectivity index (χ3n) is 4.24. The van der Waals surface area contributed by atoms with Crippen LogP contribution in [-0.4, -0.2) is 22.3 Å². The van der Waals surface area contributed by atoms with Gasteiger partial charge in [-0.1, -0.05) is 51.0 Å². The average molecular weight is 292 g/mol. The number of aliphatic hydroxyl groups is 1. The van der Waals surface area contributed by atoms with Crippen LogP contribution in [0, 0.1) is 5.92 Å². The van der Waals surface area contributed by atoms with Gasteiger partial charge in [0.05, 0.1) is 12.0 Å². The minimum absolute atomic E-state index is 0.255. The van der Waals surface area contributed by atoms with Gasteiger partial charge in [0.1, 0.15) is 0 Å². The summed E-state index contributed by atoms with van der Waals surface area (Å²) in [5.74, 6) is -0.987. The third kappa shape index (κ3) is 5.50. The Hall–Kier alpha value is -1.35. The first-order chi connectivity index (χ1) is 9.99. The molecule has 0 radical (unpaired) electrons. The molecule has 0 aliphatic heterocycles. The minimum atomic E-state index is -0.801. The zero-order valence-corrected chi connectivity index (χ0v) is 13.4. The van der Waals surface area contributed by atoms with Crippen molar-refractivity contribution in [3.63, 3.8) is 0 Å². The maximum atomic E-state index is 11.0. The predicted octanol–water partition coefficient (Wildman–Crippen LogP) is 3.99. The number of hydrogen-bond acceptors (Lipinski definition) is 2. The number of carbonyl (C=O) groups is 1. The summed E-state index contributed by atoms with van der Waals surface area (Å²) in [6.07, 6.45) is 4.70. The molecule has 0 aromatic heterocycles. The Morgan fingerprint density at radius 3 is 2.29 bits per heavy atom. The Morgan fingerprint density at radius 2 is 1.81 bits per heavy atom. The summed E-state index contributed by atoms with van der Waals surface area (Å²) in [5.41, 5.74) is 2.00. The number of rotatable bonds is 9. The Labute approximate surface area is 128 Å². The van der Waals surface area contributed by atoms with Gasteiger partial charge in [-0.2, -0.15) is 0 Å². The molecule has 1 aromatic rings. The highest BCUT2D eigenvalue weighted by atomic mass is 16.4. The minimum Gasteiger partial charge on any atom is -0.481 e. The predicted molar refractivity (Wildman–Crippen MR) is 85.5 cm³/mol. The van der Waals surface area contributed by atoms with Crippen molar-refractivity contribution >= 4 is 5.97 Å². The normalized spacial score (nSPS) is 15.4. The third-order valence-corrected chi connectivity index (χ3v) is 4.24. The van der Waals surface area contributed by atoms with E-state index in [0.717, 1.165) is 37.7 Å². The Kier molecular flexibility index (Phi) is 7.44. The van der Waals surface area contributed by atoms with Crippen molar-refractivity contribution in [3.05, 3.63) is 35.4 Å². The van der Waals surface area contributed by atoms with Crippen LogP contribution in [0.3, 0.4) is 0 Å². The molecule has 0 heterocycles. The molecule has 21 heavy (non-hydrogen) atoms. The van der Waals surface area contributed by atoms with Gasteiger partial charge in [0.2, 0.25) is 0 Å². The van der Waals surface area contributed by atoms with Gasteiger partial charge in [-0.15, -0.1) is 0 Å². The zero-order valence-electron chi connectivity index (χ0n) is 13.4. The smallest absolute Gasteiger partial charge is 0.310 e. The maximum absolute atomic E-state index is 11.0. The van der Waals surface area contributed by atoms with Gasteiger partial charge in [-0.3, -0.25) is 4.79 Å². The summed E-state index contributed by atoms with van der Waals surface area (Å²) in [6.45, 7) is 5.88. The van der Waals surface area contributed by atoms with Crippen molar-refractivity contribution < 1.29 is 15.0 Å². The lowest BCUT2D eigenvalue weighted by molar-refractivity contribution is -0.138. The highest BCUT2D eigenvalue weighted by molar-refractivity contribution is 5.75. The summed E-state index contributed by atoms with van der Waals surface area (Å²) in [7, 11) is 0. The largest absolute Gasteiger partial charge is 0.481 e. The van der Waals surface area contributed by atoms with Crippen LogP contribution in [0.15, 0.2) is 24.3 Å². The molecule has 0 fully saturated rings. The molecule has 0 saturated heterocycles. The van der Waals surface area contributed by atoms with Gasteiger partial charge < -0.3 is 10.2 Å². The SMILES string of the molecule is CCCCC(Cc1ccc(C(C)C(=O)O)cc1)C(O)CC. The van der Waals surface area contributed by atoms with Crippen LogP contribution in [0.2, 0.25) is 0 Å². The standard InChI is InChI=1S/C18H28O3/c1-4-6-7-16(17(19)5-2)12-14-8-10-15(11-9-14)13(3)18(20)21/h8-11,13,16-17,19H,4-7,12H2,1-3H3,(H,20,21). The van der Waals surface area contributed by atoms with Crippen LogP contribution < -0.4 is 0 Å². The van der Waals surface area contributed by atoms with E-state index >= 15 is 0 Å². The number of aliphatic hydroxyl groups excluding tert-OH is 1.